The van der Waals surface area contributed by atoms with E-state index >= 15 is 0 Å². The molecule has 1 unspecified atom stereocenters. The van der Waals surface area contributed by atoms with Crippen LogP contribution in [-0.2, 0) is 9.53 Å². The molecule has 2 amide bonds. The fourth-order valence-electron chi connectivity index (χ4n) is 2.00. The van der Waals surface area contributed by atoms with Crippen LogP contribution in [0, 0.1) is 0 Å². The molecule has 1 fully saturated rings. The number of hydrogen-bond acceptors (Lipinski definition) is 4. The Labute approximate surface area is 108 Å². The highest BCUT2D eigenvalue weighted by molar-refractivity contribution is 5.76. The van der Waals surface area contributed by atoms with Crippen molar-refractivity contribution >= 4 is 12.0 Å². The van der Waals surface area contributed by atoms with Crippen LogP contribution in [-0.4, -0.2) is 61.1 Å². The molecule has 0 aromatic heterocycles. The summed E-state index contributed by atoms with van der Waals surface area (Å²) in [4.78, 5) is 26.6. The molecule has 6 nitrogen and oxygen atoms in total. The molecule has 1 aliphatic rings. The minimum absolute atomic E-state index is 0.147. The number of ether oxygens (including phenoxy) is 1. The maximum atomic E-state index is 11.9. The Morgan fingerprint density at radius 2 is 1.78 bits per heavy atom. The van der Waals surface area contributed by atoms with Crippen LogP contribution >= 0.6 is 0 Å². The third-order valence-electron chi connectivity index (χ3n) is 3.12. The highest BCUT2D eigenvalue weighted by atomic mass is 16.5. The van der Waals surface area contributed by atoms with Crippen LogP contribution in [0.15, 0.2) is 0 Å². The van der Waals surface area contributed by atoms with Crippen molar-refractivity contribution < 1.29 is 14.3 Å². The second-order valence-electron chi connectivity index (χ2n) is 4.71. The molecule has 0 aromatic carbocycles. The fraction of sp³-hybridized carbons (Fsp3) is 0.833. The largest absolute Gasteiger partial charge is 0.453 e. The zero-order valence-electron chi connectivity index (χ0n) is 11.2. The van der Waals surface area contributed by atoms with Crippen LogP contribution in [0.3, 0.4) is 0 Å². The van der Waals surface area contributed by atoms with E-state index in [1.54, 1.807) is 9.80 Å². The Bertz CT molecular complexity index is 286. The van der Waals surface area contributed by atoms with Gasteiger partial charge in [-0.1, -0.05) is 0 Å². The summed E-state index contributed by atoms with van der Waals surface area (Å²) in [6.07, 6.45) is 1.92. The third kappa shape index (κ3) is 4.52. The molecule has 0 radical (unpaired) electrons. The van der Waals surface area contributed by atoms with E-state index in [1.165, 1.54) is 7.11 Å². The van der Waals surface area contributed by atoms with E-state index in [-0.39, 0.29) is 18.0 Å². The van der Waals surface area contributed by atoms with Crippen LogP contribution in [0.1, 0.15) is 26.2 Å². The molecule has 2 N–H and O–H groups in total. The van der Waals surface area contributed by atoms with Crippen molar-refractivity contribution in [3.05, 3.63) is 0 Å². The van der Waals surface area contributed by atoms with Gasteiger partial charge in [-0.3, -0.25) is 4.79 Å². The lowest BCUT2D eigenvalue weighted by Gasteiger charge is -2.33. The average Bonchev–Trinajstić information content (AvgIpc) is 2.37. The molecule has 0 bridgehead atoms. The van der Waals surface area contributed by atoms with E-state index in [0.29, 0.717) is 32.6 Å². The summed E-state index contributed by atoms with van der Waals surface area (Å²) in [7, 11) is 1.37. The van der Waals surface area contributed by atoms with E-state index in [1.807, 2.05) is 6.92 Å². The number of carbonyl (C=O) groups is 2. The maximum Gasteiger partial charge on any atom is 0.409 e. The first-order chi connectivity index (χ1) is 8.54. The summed E-state index contributed by atoms with van der Waals surface area (Å²) < 4.78 is 4.65. The van der Waals surface area contributed by atoms with Gasteiger partial charge in [-0.2, -0.15) is 0 Å². The Kier molecular flexibility index (Phi) is 5.91. The molecule has 0 saturated carbocycles. The Hall–Kier alpha value is -1.30. The monoisotopic (exact) mass is 257 g/mol. The summed E-state index contributed by atoms with van der Waals surface area (Å²) in [5.41, 5.74) is 5.64. The predicted molar refractivity (Wildman–Crippen MR) is 68.1 cm³/mol. The number of amides is 2. The summed E-state index contributed by atoms with van der Waals surface area (Å²) in [5.74, 6) is 0.153. The molecule has 18 heavy (non-hydrogen) atoms. The van der Waals surface area contributed by atoms with Gasteiger partial charge in [-0.15, -0.1) is 0 Å². The molecule has 1 atom stereocenters. The molecule has 0 spiro atoms. The number of nitrogens with zero attached hydrogens (tertiary/aromatic N) is 2. The second kappa shape index (κ2) is 7.20. The standard InChI is InChI=1S/C12H23N3O3/c1-10(13)4-3-5-11(16)14-6-8-15(9-7-14)12(17)18-2/h10H,3-9,13H2,1-2H3. The van der Waals surface area contributed by atoms with E-state index in [2.05, 4.69) is 4.74 Å². The van der Waals surface area contributed by atoms with Gasteiger partial charge >= 0.3 is 6.09 Å². The van der Waals surface area contributed by atoms with Crippen LogP contribution < -0.4 is 5.73 Å². The minimum atomic E-state index is -0.320. The molecule has 1 saturated heterocycles. The lowest BCUT2D eigenvalue weighted by Crippen LogP contribution is -2.50. The predicted octanol–water partition coefficient (Wildman–Crippen LogP) is 0.415. The van der Waals surface area contributed by atoms with Gasteiger partial charge in [0.25, 0.3) is 0 Å². The van der Waals surface area contributed by atoms with Gasteiger partial charge in [0.05, 0.1) is 7.11 Å². The molecule has 1 rings (SSSR count). The van der Waals surface area contributed by atoms with Crippen molar-refractivity contribution in [3.63, 3.8) is 0 Å². The minimum Gasteiger partial charge on any atom is -0.453 e. The van der Waals surface area contributed by atoms with Gasteiger partial charge in [-0.05, 0) is 19.8 Å². The van der Waals surface area contributed by atoms with E-state index < -0.39 is 0 Å². The van der Waals surface area contributed by atoms with E-state index in [4.69, 9.17) is 5.73 Å². The lowest BCUT2D eigenvalue weighted by atomic mass is 10.1. The van der Waals surface area contributed by atoms with Gasteiger partial charge in [0, 0.05) is 38.6 Å². The van der Waals surface area contributed by atoms with Crippen molar-refractivity contribution in [1.82, 2.24) is 9.80 Å². The number of methoxy groups -OCH3 is 1. The number of piperazine rings is 1. The molecule has 6 heteroatoms. The Morgan fingerprint density at radius 1 is 1.22 bits per heavy atom. The smallest absolute Gasteiger partial charge is 0.409 e. The maximum absolute atomic E-state index is 11.9. The van der Waals surface area contributed by atoms with Crippen LogP contribution in [0.25, 0.3) is 0 Å². The molecular formula is C12H23N3O3. The molecular weight excluding hydrogens is 234 g/mol. The zero-order chi connectivity index (χ0) is 13.5. The normalized spacial score (nSPS) is 17.5. The SMILES string of the molecule is COC(=O)N1CCN(C(=O)CCCC(C)N)CC1. The summed E-state index contributed by atoms with van der Waals surface area (Å²) in [5, 5.41) is 0. The Balaban J connectivity index is 2.25. The first-order valence-electron chi connectivity index (χ1n) is 6.41. The average molecular weight is 257 g/mol. The highest BCUT2D eigenvalue weighted by Gasteiger charge is 2.23. The van der Waals surface area contributed by atoms with Crippen LogP contribution in [0.2, 0.25) is 0 Å². The number of nitrogens with two attached hydrogens (primary N) is 1. The third-order valence-corrected chi connectivity index (χ3v) is 3.12. The lowest BCUT2D eigenvalue weighted by molar-refractivity contribution is -0.132. The van der Waals surface area contributed by atoms with Crippen LogP contribution in [0.4, 0.5) is 4.79 Å². The molecule has 104 valence electrons. The molecule has 0 aromatic rings. The van der Waals surface area contributed by atoms with E-state index in [0.717, 1.165) is 12.8 Å². The van der Waals surface area contributed by atoms with Crippen molar-refractivity contribution in [2.75, 3.05) is 33.3 Å². The zero-order valence-corrected chi connectivity index (χ0v) is 11.2. The van der Waals surface area contributed by atoms with Crippen molar-refractivity contribution in [1.29, 1.82) is 0 Å². The van der Waals surface area contributed by atoms with E-state index in [9.17, 15) is 9.59 Å². The molecule has 1 heterocycles. The number of carbonyl (C=O) groups excluding carboxylic acids is 2. The topological polar surface area (TPSA) is 75.9 Å². The Morgan fingerprint density at radius 3 is 2.28 bits per heavy atom. The van der Waals surface area contributed by atoms with Crippen molar-refractivity contribution in [2.24, 2.45) is 5.73 Å². The second-order valence-corrected chi connectivity index (χ2v) is 4.71. The number of rotatable bonds is 4. The van der Waals surface area contributed by atoms with Crippen LogP contribution in [0.5, 0.6) is 0 Å². The molecule has 1 aliphatic heterocycles. The first kappa shape index (κ1) is 14.8. The summed E-state index contributed by atoms with van der Waals surface area (Å²) in [6, 6.07) is 0.147. The highest BCUT2D eigenvalue weighted by Crippen LogP contribution is 2.07. The first-order valence-corrected chi connectivity index (χ1v) is 6.41. The number of hydrogen-bond donors (Lipinski definition) is 1. The molecule has 0 aliphatic carbocycles. The van der Waals surface area contributed by atoms with Gasteiger partial charge in [-0.25, -0.2) is 4.79 Å². The summed E-state index contributed by atoms with van der Waals surface area (Å²) in [6.45, 7) is 4.22. The van der Waals surface area contributed by atoms with Gasteiger partial charge < -0.3 is 20.3 Å². The fourth-order valence-corrected chi connectivity index (χ4v) is 2.00. The summed E-state index contributed by atoms with van der Waals surface area (Å²) >= 11 is 0. The van der Waals surface area contributed by atoms with Crippen molar-refractivity contribution in [2.45, 2.75) is 32.2 Å². The van der Waals surface area contributed by atoms with Gasteiger partial charge in [0.15, 0.2) is 0 Å². The van der Waals surface area contributed by atoms with Gasteiger partial charge in [0.1, 0.15) is 0 Å². The van der Waals surface area contributed by atoms with Gasteiger partial charge in [0.2, 0.25) is 5.91 Å². The quantitative estimate of drug-likeness (QED) is 0.791. The van der Waals surface area contributed by atoms with Crippen molar-refractivity contribution in [3.8, 4) is 0 Å².